The fraction of sp³-hybridized carbons (Fsp3) is 0.417. The average molecular weight is 459 g/mol. The van der Waals surface area contributed by atoms with Crippen LogP contribution in [0.15, 0.2) is 36.4 Å². The number of halogens is 3. The maximum atomic E-state index is 13.0. The third-order valence-electron chi connectivity index (χ3n) is 6.42. The molecule has 0 amide bonds. The van der Waals surface area contributed by atoms with Gasteiger partial charge in [0.2, 0.25) is 0 Å². The molecule has 0 spiro atoms. The first-order valence-electron chi connectivity index (χ1n) is 10.9. The number of alkyl halides is 3. The Morgan fingerprint density at radius 2 is 2.03 bits per heavy atom. The first-order valence-corrected chi connectivity index (χ1v) is 10.9. The van der Waals surface area contributed by atoms with E-state index in [2.05, 4.69) is 9.47 Å². The number of nitrogens with zero attached hydrogens (tertiary/aromatic N) is 3. The summed E-state index contributed by atoms with van der Waals surface area (Å²) in [5.74, 6) is 0.440. The van der Waals surface area contributed by atoms with Gasteiger partial charge in [0.05, 0.1) is 48.5 Å². The van der Waals surface area contributed by atoms with Crippen molar-refractivity contribution >= 4 is 17.0 Å². The second kappa shape index (κ2) is 8.46. The Bertz CT molecular complexity index is 1200. The molecule has 0 bridgehead atoms. The lowest BCUT2D eigenvalue weighted by Crippen LogP contribution is -2.34. The number of hydrogen-bond acceptors (Lipinski definition) is 5. The smallest absolute Gasteiger partial charge is 0.416 e. The SMILES string of the molecule is COC(=O)c1ccc2nc(CN3CCc4cc(C(F)(F)F)ccc4C3)n(C[C@@H]3CCO3)c2c1. The van der Waals surface area contributed by atoms with Crippen molar-refractivity contribution in [1.82, 2.24) is 14.5 Å². The average Bonchev–Trinajstić information content (AvgIpc) is 3.10. The molecule has 0 saturated carbocycles. The minimum absolute atomic E-state index is 0.103. The molecule has 1 atom stereocenters. The highest BCUT2D eigenvalue weighted by atomic mass is 19.4. The summed E-state index contributed by atoms with van der Waals surface area (Å²) in [6.45, 7) is 3.13. The molecule has 1 fully saturated rings. The highest BCUT2D eigenvalue weighted by Gasteiger charge is 2.32. The van der Waals surface area contributed by atoms with E-state index in [1.165, 1.54) is 13.2 Å². The van der Waals surface area contributed by atoms with Gasteiger partial charge in [-0.05, 0) is 54.3 Å². The summed E-state index contributed by atoms with van der Waals surface area (Å²) in [4.78, 5) is 19.0. The van der Waals surface area contributed by atoms with Gasteiger partial charge in [-0.2, -0.15) is 13.2 Å². The molecule has 3 heterocycles. The maximum Gasteiger partial charge on any atom is 0.416 e. The molecule has 33 heavy (non-hydrogen) atoms. The van der Waals surface area contributed by atoms with Crippen molar-refractivity contribution in [2.24, 2.45) is 0 Å². The second-order valence-corrected chi connectivity index (χ2v) is 8.56. The molecule has 0 radical (unpaired) electrons. The normalized spacial score (nSPS) is 18.7. The number of esters is 1. The van der Waals surface area contributed by atoms with Crippen LogP contribution in [-0.4, -0.2) is 46.8 Å². The summed E-state index contributed by atoms with van der Waals surface area (Å²) in [6.07, 6.45) is -2.71. The van der Waals surface area contributed by atoms with Crippen LogP contribution in [0.3, 0.4) is 0 Å². The van der Waals surface area contributed by atoms with E-state index in [9.17, 15) is 18.0 Å². The van der Waals surface area contributed by atoms with E-state index in [0.717, 1.165) is 47.1 Å². The van der Waals surface area contributed by atoms with Gasteiger partial charge < -0.3 is 14.0 Å². The molecule has 1 saturated heterocycles. The Morgan fingerprint density at radius 1 is 1.21 bits per heavy atom. The fourth-order valence-corrected chi connectivity index (χ4v) is 4.50. The van der Waals surface area contributed by atoms with Crippen molar-refractivity contribution in [3.63, 3.8) is 0 Å². The topological polar surface area (TPSA) is 56.6 Å². The number of fused-ring (bicyclic) bond motifs is 2. The van der Waals surface area contributed by atoms with Crippen molar-refractivity contribution in [3.05, 3.63) is 64.5 Å². The van der Waals surface area contributed by atoms with Crippen LogP contribution in [0.5, 0.6) is 0 Å². The van der Waals surface area contributed by atoms with E-state index in [1.807, 2.05) is 6.07 Å². The Kier molecular flexibility index (Phi) is 5.62. The molecule has 0 N–H and O–H groups in total. The Labute approximate surface area is 188 Å². The fourth-order valence-electron chi connectivity index (χ4n) is 4.50. The van der Waals surface area contributed by atoms with Crippen molar-refractivity contribution < 1.29 is 27.4 Å². The monoisotopic (exact) mass is 459 g/mol. The summed E-state index contributed by atoms with van der Waals surface area (Å²) in [6, 6.07) is 9.31. The zero-order valence-electron chi connectivity index (χ0n) is 18.2. The number of carbonyl (C=O) groups excluding carboxylic acids is 1. The van der Waals surface area contributed by atoms with Crippen molar-refractivity contribution in [2.75, 3.05) is 20.3 Å². The van der Waals surface area contributed by atoms with Crippen LogP contribution in [-0.2, 0) is 41.7 Å². The predicted molar refractivity (Wildman–Crippen MR) is 115 cm³/mol. The van der Waals surface area contributed by atoms with Gasteiger partial charge in [-0.25, -0.2) is 9.78 Å². The van der Waals surface area contributed by atoms with E-state index in [4.69, 9.17) is 14.5 Å². The molecular weight excluding hydrogens is 435 g/mol. The Morgan fingerprint density at radius 3 is 2.73 bits per heavy atom. The molecule has 3 aromatic rings. The Balaban J connectivity index is 1.42. The third kappa shape index (κ3) is 4.35. The standard InChI is InChI=1S/C24H24F3N3O3/c1-32-23(31)16-3-5-20-21(11-16)30(13-19-7-9-33-19)22(28-20)14-29-8-6-15-10-18(24(25,26)27)4-2-17(15)12-29/h2-5,10-11,19H,6-9,12-14H2,1H3/t19-/m0/s1. The van der Waals surface area contributed by atoms with E-state index < -0.39 is 17.7 Å². The van der Waals surface area contributed by atoms with Gasteiger partial charge in [-0.1, -0.05) is 6.07 Å². The quantitative estimate of drug-likeness (QED) is 0.536. The molecule has 0 aliphatic carbocycles. The maximum absolute atomic E-state index is 13.0. The first-order chi connectivity index (χ1) is 15.8. The lowest BCUT2D eigenvalue weighted by atomic mass is 9.97. The lowest BCUT2D eigenvalue weighted by Gasteiger charge is -2.30. The molecule has 1 aromatic heterocycles. The van der Waals surface area contributed by atoms with Crippen LogP contribution in [0.2, 0.25) is 0 Å². The summed E-state index contributed by atoms with van der Waals surface area (Å²) in [7, 11) is 1.35. The van der Waals surface area contributed by atoms with E-state index in [-0.39, 0.29) is 6.10 Å². The van der Waals surface area contributed by atoms with Gasteiger partial charge in [0.15, 0.2) is 0 Å². The predicted octanol–water partition coefficient (Wildman–Crippen LogP) is 4.19. The largest absolute Gasteiger partial charge is 0.465 e. The van der Waals surface area contributed by atoms with E-state index in [0.29, 0.717) is 38.2 Å². The summed E-state index contributed by atoms with van der Waals surface area (Å²) in [5.41, 5.74) is 3.14. The molecule has 5 rings (SSSR count). The highest BCUT2D eigenvalue weighted by molar-refractivity contribution is 5.93. The van der Waals surface area contributed by atoms with Crippen LogP contribution in [0.25, 0.3) is 11.0 Å². The molecule has 2 aromatic carbocycles. The molecule has 9 heteroatoms. The number of methoxy groups -OCH3 is 1. The summed E-state index contributed by atoms with van der Waals surface area (Å²) in [5, 5.41) is 0. The molecule has 2 aliphatic heterocycles. The number of carbonyl (C=O) groups is 1. The number of hydrogen-bond donors (Lipinski definition) is 0. The van der Waals surface area contributed by atoms with Gasteiger partial charge >= 0.3 is 12.1 Å². The van der Waals surface area contributed by atoms with Gasteiger partial charge in [0.1, 0.15) is 5.82 Å². The molecular formula is C24H24F3N3O3. The number of imidazole rings is 1. The van der Waals surface area contributed by atoms with Crippen LogP contribution >= 0.6 is 0 Å². The minimum Gasteiger partial charge on any atom is -0.465 e. The third-order valence-corrected chi connectivity index (χ3v) is 6.42. The van der Waals surface area contributed by atoms with Gasteiger partial charge in [-0.15, -0.1) is 0 Å². The molecule has 6 nitrogen and oxygen atoms in total. The minimum atomic E-state index is -4.33. The Hall–Kier alpha value is -2.91. The zero-order chi connectivity index (χ0) is 23.2. The van der Waals surface area contributed by atoms with Crippen molar-refractivity contribution in [3.8, 4) is 0 Å². The number of rotatable bonds is 5. The van der Waals surface area contributed by atoms with E-state index >= 15 is 0 Å². The lowest BCUT2D eigenvalue weighted by molar-refractivity contribution is -0.137. The van der Waals surface area contributed by atoms with Crippen molar-refractivity contribution in [1.29, 1.82) is 0 Å². The van der Waals surface area contributed by atoms with Crippen LogP contribution in [0, 0.1) is 0 Å². The van der Waals surface area contributed by atoms with Gasteiger partial charge in [-0.3, -0.25) is 4.90 Å². The van der Waals surface area contributed by atoms with E-state index in [1.54, 1.807) is 18.2 Å². The highest BCUT2D eigenvalue weighted by Crippen LogP contribution is 2.32. The number of benzene rings is 2. The second-order valence-electron chi connectivity index (χ2n) is 8.56. The number of aromatic nitrogens is 2. The molecule has 0 unspecified atom stereocenters. The molecule has 2 aliphatic rings. The van der Waals surface area contributed by atoms with Gasteiger partial charge in [0, 0.05) is 19.7 Å². The van der Waals surface area contributed by atoms with Crippen LogP contribution in [0.1, 0.15) is 39.3 Å². The molecule has 174 valence electrons. The number of ether oxygens (including phenoxy) is 2. The van der Waals surface area contributed by atoms with Crippen molar-refractivity contribution in [2.45, 2.75) is 44.8 Å². The van der Waals surface area contributed by atoms with Crippen LogP contribution in [0.4, 0.5) is 13.2 Å². The first kappa shape index (κ1) is 21.9. The summed E-state index contributed by atoms with van der Waals surface area (Å²) < 4.78 is 51.7. The summed E-state index contributed by atoms with van der Waals surface area (Å²) >= 11 is 0. The zero-order valence-corrected chi connectivity index (χ0v) is 18.2. The van der Waals surface area contributed by atoms with Crippen LogP contribution < -0.4 is 0 Å². The van der Waals surface area contributed by atoms with Gasteiger partial charge in [0.25, 0.3) is 0 Å².